The lowest BCUT2D eigenvalue weighted by atomic mass is 10.1. The number of nitrogens with one attached hydrogen (secondary N) is 1. The molecule has 146 valence electrons. The second kappa shape index (κ2) is 7.01. The maximum absolute atomic E-state index is 13.3. The van der Waals surface area contributed by atoms with Gasteiger partial charge < -0.3 is 10.2 Å². The van der Waals surface area contributed by atoms with Gasteiger partial charge in [0.2, 0.25) is 5.91 Å². The summed E-state index contributed by atoms with van der Waals surface area (Å²) in [6.07, 6.45) is 1.70. The number of hydrogen-bond acceptors (Lipinski definition) is 5. The predicted octanol–water partition coefficient (Wildman–Crippen LogP) is 2.93. The summed E-state index contributed by atoms with van der Waals surface area (Å²) < 4.78 is 1.84. The van der Waals surface area contributed by atoms with Crippen LogP contribution in [-0.2, 0) is 4.79 Å². The van der Waals surface area contributed by atoms with Crippen LogP contribution in [0, 0.1) is 13.8 Å². The normalized spacial score (nSPS) is 14.8. The maximum Gasteiger partial charge on any atom is 0.255 e. The third kappa shape index (κ3) is 3.17. The van der Waals surface area contributed by atoms with Gasteiger partial charge in [-0.05, 0) is 39.8 Å². The highest BCUT2D eigenvalue weighted by Crippen LogP contribution is 2.33. The summed E-state index contributed by atoms with van der Waals surface area (Å²) in [5.74, 6) is -0.288. The fourth-order valence-corrected chi connectivity index (χ4v) is 4.51. The van der Waals surface area contributed by atoms with Gasteiger partial charge in [0.15, 0.2) is 5.65 Å². The van der Waals surface area contributed by atoms with Gasteiger partial charge in [0.1, 0.15) is 0 Å². The largest absolute Gasteiger partial charge is 0.353 e. The van der Waals surface area contributed by atoms with Crippen molar-refractivity contribution >= 4 is 34.2 Å². The number of piperazine rings is 1. The molecule has 2 amide bonds. The third-order valence-electron chi connectivity index (χ3n) is 4.93. The molecule has 28 heavy (non-hydrogen) atoms. The summed E-state index contributed by atoms with van der Waals surface area (Å²) in [6, 6.07) is 4.07. The fourth-order valence-electron chi connectivity index (χ4n) is 3.58. The summed E-state index contributed by atoms with van der Waals surface area (Å²) >= 11 is 1.71. The lowest BCUT2D eigenvalue weighted by molar-refractivity contribution is -0.123. The highest BCUT2D eigenvalue weighted by Gasteiger charge is 2.26. The smallest absolute Gasteiger partial charge is 0.255 e. The molecule has 0 atom stereocenters. The number of pyridine rings is 1. The zero-order valence-corrected chi connectivity index (χ0v) is 17.3. The Bertz CT molecular complexity index is 1080. The topological polar surface area (TPSA) is 80.1 Å². The van der Waals surface area contributed by atoms with Crippen LogP contribution < -0.4 is 5.32 Å². The molecule has 0 aromatic carbocycles. The molecule has 1 aliphatic rings. The van der Waals surface area contributed by atoms with E-state index in [0.717, 1.165) is 21.5 Å². The van der Waals surface area contributed by atoms with Crippen molar-refractivity contribution in [2.75, 3.05) is 19.6 Å². The van der Waals surface area contributed by atoms with Gasteiger partial charge in [-0.25, -0.2) is 9.67 Å². The van der Waals surface area contributed by atoms with Crippen molar-refractivity contribution in [2.24, 2.45) is 0 Å². The number of amides is 2. The molecule has 8 heteroatoms. The Balaban J connectivity index is 1.90. The van der Waals surface area contributed by atoms with Crippen LogP contribution in [-0.4, -0.2) is 51.1 Å². The molecular weight excluding hydrogens is 374 g/mol. The van der Waals surface area contributed by atoms with Gasteiger partial charge in [-0.15, -0.1) is 11.3 Å². The Morgan fingerprint density at radius 3 is 2.71 bits per heavy atom. The first kappa shape index (κ1) is 18.6. The summed E-state index contributed by atoms with van der Waals surface area (Å²) in [6.45, 7) is 9.26. The molecule has 0 bridgehead atoms. The van der Waals surface area contributed by atoms with Crippen molar-refractivity contribution in [2.45, 2.75) is 33.7 Å². The standard InChI is InChI=1S/C20H23N5O2S/c1-11(2)25-19-16(9-22-25)15(20(27)24-6-5-21-18(26)10-24)8-17(23-19)14-7-12(3)28-13(14)4/h7-9,11H,5-6,10H2,1-4H3,(H,21,26). The van der Waals surface area contributed by atoms with E-state index >= 15 is 0 Å². The van der Waals surface area contributed by atoms with Gasteiger partial charge in [-0.3, -0.25) is 9.59 Å². The average Bonchev–Trinajstić information content (AvgIpc) is 3.23. The molecule has 1 fully saturated rings. The third-order valence-corrected chi connectivity index (χ3v) is 5.89. The van der Waals surface area contributed by atoms with Crippen LogP contribution in [0.4, 0.5) is 0 Å². The second-order valence-corrected chi connectivity index (χ2v) is 8.84. The zero-order chi connectivity index (χ0) is 20.0. The maximum atomic E-state index is 13.3. The molecule has 0 spiro atoms. The van der Waals surface area contributed by atoms with Gasteiger partial charge in [0.05, 0.1) is 29.4 Å². The minimum atomic E-state index is -0.156. The number of nitrogens with zero attached hydrogens (tertiary/aromatic N) is 4. The van der Waals surface area contributed by atoms with E-state index in [-0.39, 0.29) is 24.4 Å². The minimum absolute atomic E-state index is 0.0763. The van der Waals surface area contributed by atoms with Crippen molar-refractivity contribution in [3.05, 3.63) is 33.6 Å². The highest BCUT2D eigenvalue weighted by atomic mass is 32.1. The van der Waals surface area contributed by atoms with E-state index < -0.39 is 0 Å². The number of hydrogen-bond donors (Lipinski definition) is 1. The van der Waals surface area contributed by atoms with Crippen LogP contribution in [0.15, 0.2) is 18.3 Å². The van der Waals surface area contributed by atoms with E-state index in [9.17, 15) is 9.59 Å². The van der Waals surface area contributed by atoms with Crippen molar-refractivity contribution < 1.29 is 9.59 Å². The molecule has 7 nitrogen and oxygen atoms in total. The number of rotatable bonds is 3. The Morgan fingerprint density at radius 2 is 2.07 bits per heavy atom. The number of aromatic nitrogens is 3. The van der Waals surface area contributed by atoms with E-state index in [1.807, 2.05) is 24.6 Å². The van der Waals surface area contributed by atoms with Gasteiger partial charge in [-0.1, -0.05) is 0 Å². The molecule has 0 aliphatic carbocycles. The first-order valence-corrected chi connectivity index (χ1v) is 10.2. The van der Waals surface area contributed by atoms with E-state index in [1.165, 1.54) is 4.88 Å². The molecule has 0 radical (unpaired) electrons. The highest BCUT2D eigenvalue weighted by molar-refractivity contribution is 7.12. The van der Waals surface area contributed by atoms with Crippen LogP contribution in [0.3, 0.4) is 0 Å². The molecule has 4 heterocycles. The van der Waals surface area contributed by atoms with E-state index in [4.69, 9.17) is 4.98 Å². The van der Waals surface area contributed by atoms with Crippen LogP contribution in [0.1, 0.15) is 40.0 Å². The van der Waals surface area contributed by atoms with Crippen LogP contribution in [0.2, 0.25) is 0 Å². The van der Waals surface area contributed by atoms with Crippen molar-refractivity contribution in [1.82, 2.24) is 25.0 Å². The molecular formula is C20H23N5O2S. The van der Waals surface area contributed by atoms with Crippen LogP contribution in [0.25, 0.3) is 22.3 Å². The average molecular weight is 398 g/mol. The Labute approximate surface area is 167 Å². The lowest BCUT2D eigenvalue weighted by Crippen LogP contribution is -2.50. The second-order valence-electron chi connectivity index (χ2n) is 7.38. The number of carbonyl (C=O) groups excluding carboxylic acids is 2. The molecule has 4 rings (SSSR count). The van der Waals surface area contributed by atoms with E-state index in [0.29, 0.717) is 24.3 Å². The molecule has 0 saturated carbocycles. The van der Waals surface area contributed by atoms with E-state index in [2.05, 4.69) is 30.3 Å². The fraction of sp³-hybridized carbons (Fsp3) is 0.400. The molecule has 3 aromatic heterocycles. The summed E-state index contributed by atoms with van der Waals surface area (Å²) in [4.78, 5) is 33.9. The molecule has 3 aromatic rings. The first-order valence-electron chi connectivity index (χ1n) is 9.36. The molecule has 1 N–H and O–H groups in total. The van der Waals surface area contributed by atoms with Crippen LogP contribution >= 0.6 is 11.3 Å². The SMILES string of the molecule is Cc1cc(-c2cc(C(=O)N3CCNC(=O)C3)c3cnn(C(C)C)c3n2)c(C)s1. The number of thiophene rings is 1. The van der Waals surface area contributed by atoms with Gasteiger partial charge >= 0.3 is 0 Å². The predicted molar refractivity (Wildman–Crippen MR) is 110 cm³/mol. The number of aryl methyl sites for hydroxylation is 2. The summed E-state index contributed by atoms with van der Waals surface area (Å²) in [5, 5.41) is 7.95. The first-order chi connectivity index (χ1) is 13.3. The number of carbonyl (C=O) groups is 2. The Hall–Kier alpha value is -2.74. The van der Waals surface area contributed by atoms with Crippen molar-refractivity contribution in [3.8, 4) is 11.3 Å². The van der Waals surface area contributed by atoms with Crippen molar-refractivity contribution in [1.29, 1.82) is 0 Å². The lowest BCUT2D eigenvalue weighted by Gasteiger charge is -2.27. The summed E-state index contributed by atoms with van der Waals surface area (Å²) in [5.41, 5.74) is 3.04. The minimum Gasteiger partial charge on any atom is -0.353 e. The molecule has 1 saturated heterocycles. The van der Waals surface area contributed by atoms with E-state index in [1.54, 1.807) is 22.4 Å². The zero-order valence-electron chi connectivity index (χ0n) is 16.4. The van der Waals surface area contributed by atoms with Gasteiger partial charge in [0.25, 0.3) is 5.91 Å². The number of fused-ring (bicyclic) bond motifs is 1. The Morgan fingerprint density at radius 1 is 1.29 bits per heavy atom. The monoisotopic (exact) mass is 397 g/mol. The van der Waals surface area contributed by atoms with Gasteiger partial charge in [0, 0.05) is 34.4 Å². The molecule has 1 aliphatic heterocycles. The molecule has 0 unspecified atom stereocenters. The quantitative estimate of drug-likeness (QED) is 0.737. The van der Waals surface area contributed by atoms with Gasteiger partial charge in [-0.2, -0.15) is 5.10 Å². The Kier molecular flexibility index (Phi) is 4.66. The van der Waals surface area contributed by atoms with Crippen LogP contribution in [0.5, 0.6) is 0 Å². The van der Waals surface area contributed by atoms with Crippen molar-refractivity contribution in [3.63, 3.8) is 0 Å². The summed E-state index contributed by atoms with van der Waals surface area (Å²) in [7, 11) is 0.